The molecule has 2 aromatic rings. The molecule has 0 radical (unpaired) electrons. The Morgan fingerprint density at radius 2 is 1.85 bits per heavy atom. The van der Waals surface area contributed by atoms with Crippen LogP contribution in [0.2, 0.25) is 0 Å². The highest BCUT2D eigenvalue weighted by Gasteiger charge is 2.06. The minimum Gasteiger partial charge on any atom is -0.497 e. The standard InChI is InChI=1S/C16H18INO2/c1-19-15-7-4-13(8-9-18)16(10-15)20-11-12-2-5-14(17)6-3-12/h2-7,10H,8-9,11,18H2,1H3. The van der Waals surface area contributed by atoms with E-state index < -0.39 is 0 Å². The number of ether oxygens (including phenoxy) is 2. The van der Waals surface area contributed by atoms with E-state index in [2.05, 4.69) is 46.9 Å². The molecule has 20 heavy (non-hydrogen) atoms. The Morgan fingerprint density at radius 3 is 2.50 bits per heavy atom. The molecule has 0 bridgehead atoms. The summed E-state index contributed by atoms with van der Waals surface area (Å²) in [5.41, 5.74) is 7.89. The molecule has 0 saturated heterocycles. The lowest BCUT2D eigenvalue weighted by Gasteiger charge is -2.13. The summed E-state index contributed by atoms with van der Waals surface area (Å²) in [6, 6.07) is 14.2. The molecule has 0 saturated carbocycles. The molecule has 0 fully saturated rings. The third-order valence-electron chi connectivity index (χ3n) is 3.00. The van der Waals surface area contributed by atoms with Gasteiger partial charge in [0.2, 0.25) is 0 Å². The number of hydrogen-bond donors (Lipinski definition) is 1. The Balaban J connectivity index is 2.12. The first-order valence-electron chi connectivity index (χ1n) is 6.47. The molecule has 0 aliphatic carbocycles. The molecule has 0 atom stereocenters. The van der Waals surface area contributed by atoms with E-state index in [4.69, 9.17) is 15.2 Å². The van der Waals surface area contributed by atoms with Crippen LogP contribution in [0.5, 0.6) is 11.5 Å². The molecule has 4 heteroatoms. The van der Waals surface area contributed by atoms with E-state index in [0.717, 1.165) is 29.0 Å². The Morgan fingerprint density at radius 1 is 1.10 bits per heavy atom. The second-order valence-electron chi connectivity index (χ2n) is 4.43. The summed E-state index contributed by atoms with van der Waals surface area (Å²) in [4.78, 5) is 0. The van der Waals surface area contributed by atoms with Crippen LogP contribution in [0, 0.1) is 3.57 Å². The van der Waals surface area contributed by atoms with Crippen LogP contribution in [0.1, 0.15) is 11.1 Å². The van der Waals surface area contributed by atoms with Crippen molar-refractivity contribution in [3.05, 3.63) is 57.2 Å². The van der Waals surface area contributed by atoms with Crippen molar-refractivity contribution in [1.29, 1.82) is 0 Å². The fourth-order valence-corrected chi connectivity index (χ4v) is 2.26. The van der Waals surface area contributed by atoms with Crippen molar-refractivity contribution < 1.29 is 9.47 Å². The van der Waals surface area contributed by atoms with Crippen molar-refractivity contribution in [2.24, 2.45) is 5.73 Å². The fraction of sp³-hybridized carbons (Fsp3) is 0.250. The molecule has 0 amide bonds. The first kappa shape index (κ1) is 15.1. The monoisotopic (exact) mass is 383 g/mol. The first-order chi connectivity index (χ1) is 9.72. The zero-order valence-electron chi connectivity index (χ0n) is 11.4. The highest BCUT2D eigenvalue weighted by Crippen LogP contribution is 2.26. The van der Waals surface area contributed by atoms with Crippen molar-refractivity contribution >= 4 is 22.6 Å². The van der Waals surface area contributed by atoms with Gasteiger partial charge in [-0.15, -0.1) is 0 Å². The lowest BCUT2D eigenvalue weighted by atomic mass is 10.1. The zero-order valence-corrected chi connectivity index (χ0v) is 13.6. The summed E-state index contributed by atoms with van der Waals surface area (Å²) >= 11 is 2.29. The molecular weight excluding hydrogens is 365 g/mol. The van der Waals surface area contributed by atoms with E-state index in [1.807, 2.05) is 18.2 Å². The van der Waals surface area contributed by atoms with Gasteiger partial charge in [-0.05, 0) is 64.9 Å². The highest BCUT2D eigenvalue weighted by molar-refractivity contribution is 14.1. The van der Waals surface area contributed by atoms with Gasteiger partial charge in [0.25, 0.3) is 0 Å². The Hall–Kier alpha value is -1.27. The summed E-state index contributed by atoms with van der Waals surface area (Å²) in [6.07, 6.45) is 0.798. The SMILES string of the molecule is COc1ccc(CCN)c(OCc2ccc(I)cc2)c1. The summed E-state index contributed by atoms with van der Waals surface area (Å²) < 4.78 is 12.4. The topological polar surface area (TPSA) is 44.5 Å². The van der Waals surface area contributed by atoms with Crippen molar-refractivity contribution in [2.45, 2.75) is 13.0 Å². The molecule has 106 valence electrons. The smallest absolute Gasteiger partial charge is 0.126 e. The Kier molecular flexibility index (Phi) is 5.67. The van der Waals surface area contributed by atoms with Crippen LogP contribution in [-0.4, -0.2) is 13.7 Å². The largest absolute Gasteiger partial charge is 0.497 e. The van der Waals surface area contributed by atoms with Crippen LogP contribution in [0.15, 0.2) is 42.5 Å². The number of hydrogen-bond acceptors (Lipinski definition) is 3. The molecule has 0 aliphatic heterocycles. The summed E-state index contributed by atoms with van der Waals surface area (Å²) in [6.45, 7) is 1.15. The number of benzene rings is 2. The minimum atomic E-state index is 0.543. The number of rotatable bonds is 6. The predicted octanol–water partition coefficient (Wildman–Crippen LogP) is 3.38. The van der Waals surface area contributed by atoms with Crippen LogP contribution in [0.25, 0.3) is 0 Å². The van der Waals surface area contributed by atoms with E-state index in [9.17, 15) is 0 Å². The van der Waals surface area contributed by atoms with E-state index in [1.54, 1.807) is 7.11 Å². The maximum Gasteiger partial charge on any atom is 0.126 e. The lowest BCUT2D eigenvalue weighted by Crippen LogP contribution is -2.05. The van der Waals surface area contributed by atoms with Crippen molar-refractivity contribution in [3.63, 3.8) is 0 Å². The molecule has 0 aromatic heterocycles. The van der Waals surface area contributed by atoms with Gasteiger partial charge in [0.15, 0.2) is 0 Å². The normalized spacial score (nSPS) is 10.3. The summed E-state index contributed by atoms with van der Waals surface area (Å²) in [5, 5.41) is 0. The van der Waals surface area contributed by atoms with Crippen LogP contribution in [0.3, 0.4) is 0 Å². The second kappa shape index (κ2) is 7.50. The van der Waals surface area contributed by atoms with Gasteiger partial charge in [0, 0.05) is 9.64 Å². The maximum absolute atomic E-state index is 5.92. The van der Waals surface area contributed by atoms with Crippen LogP contribution in [0.4, 0.5) is 0 Å². The average Bonchev–Trinajstić information content (AvgIpc) is 2.48. The number of methoxy groups -OCH3 is 1. The first-order valence-corrected chi connectivity index (χ1v) is 7.55. The van der Waals surface area contributed by atoms with Crippen molar-refractivity contribution in [3.8, 4) is 11.5 Å². The molecule has 2 rings (SSSR count). The molecule has 2 aromatic carbocycles. The summed E-state index contributed by atoms with van der Waals surface area (Å²) in [7, 11) is 1.65. The number of nitrogens with two attached hydrogens (primary N) is 1. The zero-order chi connectivity index (χ0) is 14.4. The van der Waals surface area contributed by atoms with E-state index in [-0.39, 0.29) is 0 Å². The highest BCUT2D eigenvalue weighted by atomic mass is 127. The molecule has 0 heterocycles. The van der Waals surface area contributed by atoms with E-state index >= 15 is 0 Å². The van der Waals surface area contributed by atoms with Crippen molar-refractivity contribution in [2.75, 3.05) is 13.7 Å². The predicted molar refractivity (Wildman–Crippen MR) is 89.2 cm³/mol. The maximum atomic E-state index is 5.92. The molecule has 0 spiro atoms. The van der Waals surface area contributed by atoms with Gasteiger partial charge in [0.1, 0.15) is 18.1 Å². The third kappa shape index (κ3) is 4.11. The van der Waals surface area contributed by atoms with E-state index in [0.29, 0.717) is 13.2 Å². The fourth-order valence-electron chi connectivity index (χ4n) is 1.90. The van der Waals surface area contributed by atoms with Gasteiger partial charge in [-0.2, -0.15) is 0 Å². The van der Waals surface area contributed by atoms with Gasteiger partial charge < -0.3 is 15.2 Å². The molecular formula is C16H18INO2. The Bertz CT molecular complexity index is 555. The van der Waals surface area contributed by atoms with Gasteiger partial charge in [-0.1, -0.05) is 18.2 Å². The van der Waals surface area contributed by atoms with E-state index in [1.165, 1.54) is 3.57 Å². The summed E-state index contributed by atoms with van der Waals surface area (Å²) in [5.74, 6) is 1.64. The quantitative estimate of drug-likeness (QED) is 0.778. The molecule has 0 unspecified atom stereocenters. The molecule has 3 nitrogen and oxygen atoms in total. The molecule has 0 aliphatic rings. The van der Waals surface area contributed by atoms with Crippen LogP contribution in [-0.2, 0) is 13.0 Å². The van der Waals surface area contributed by atoms with Gasteiger partial charge >= 0.3 is 0 Å². The molecule has 2 N–H and O–H groups in total. The van der Waals surface area contributed by atoms with Crippen LogP contribution >= 0.6 is 22.6 Å². The van der Waals surface area contributed by atoms with Gasteiger partial charge in [-0.25, -0.2) is 0 Å². The third-order valence-corrected chi connectivity index (χ3v) is 3.71. The second-order valence-corrected chi connectivity index (χ2v) is 5.67. The number of halogens is 1. The van der Waals surface area contributed by atoms with Gasteiger partial charge in [0.05, 0.1) is 7.11 Å². The van der Waals surface area contributed by atoms with Crippen LogP contribution < -0.4 is 15.2 Å². The average molecular weight is 383 g/mol. The minimum absolute atomic E-state index is 0.543. The Labute approximate surface area is 133 Å². The van der Waals surface area contributed by atoms with Gasteiger partial charge in [-0.3, -0.25) is 0 Å². The van der Waals surface area contributed by atoms with Crippen molar-refractivity contribution in [1.82, 2.24) is 0 Å². The lowest BCUT2D eigenvalue weighted by molar-refractivity contribution is 0.300.